The lowest BCUT2D eigenvalue weighted by molar-refractivity contribution is -0.137. The molecule has 22 heavy (non-hydrogen) atoms. The quantitative estimate of drug-likeness (QED) is 0.562. The van der Waals surface area contributed by atoms with E-state index in [-0.39, 0.29) is 24.7 Å². The number of benzene rings is 1. The van der Waals surface area contributed by atoms with Crippen LogP contribution in [0.2, 0.25) is 0 Å². The zero-order valence-electron chi connectivity index (χ0n) is 12.3. The fraction of sp³-hybridized carbons (Fsp3) is 0.438. The molecule has 0 saturated carbocycles. The van der Waals surface area contributed by atoms with Crippen molar-refractivity contribution in [1.82, 2.24) is 5.32 Å². The Morgan fingerprint density at radius 3 is 2.59 bits per heavy atom. The SMILES string of the molecule is O=C(O)CCCCCNC1CC(=O)N(c2ccccc2)C1=O. The maximum atomic E-state index is 12.3. The number of carbonyl (C=O) groups excluding carboxylic acids is 2. The van der Waals surface area contributed by atoms with Crippen LogP contribution in [0.1, 0.15) is 32.1 Å². The summed E-state index contributed by atoms with van der Waals surface area (Å²) in [5.74, 6) is -1.20. The van der Waals surface area contributed by atoms with Crippen molar-refractivity contribution in [3.05, 3.63) is 30.3 Å². The molecule has 118 valence electrons. The number of carboxylic acid groups (broad SMARTS) is 1. The van der Waals surface area contributed by atoms with E-state index in [2.05, 4.69) is 5.32 Å². The molecule has 0 aromatic heterocycles. The van der Waals surface area contributed by atoms with E-state index in [9.17, 15) is 14.4 Å². The fourth-order valence-corrected chi connectivity index (χ4v) is 2.49. The molecule has 0 bridgehead atoms. The van der Waals surface area contributed by atoms with Crippen LogP contribution in [0.25, 0.3) is 0 Å². The number of anilines is 1. The van der Waals surface area contributed by atoms with Gasteiger partial charge in [-0.1, -0.05) is 24.6 Å². The van der Waals surface area contributed by atoms with E-state index in [1.165, 1.54) is 4.90 Å². The molecule has 1 saturated heterocycles. The minimum atomic E-state index is -0.789. The van der Waals surface area contributed by atoms with Gasteiger partial charge in [-0.2, -0.15) is 0 Å². The number of carbonyl (C=O) groups is 3. The Morgan fingerprint density at radius 2 is 1.91 bits per heavy atom. The monoisotopic (exact) mass is 304 g/mol. The van der Waals surface area contributed by atoms with Crippen molar-refractivity contribution < 1.29 is 19.5 Å². The van der Waals surface area contributed by atoms with E-state index in [4.69, 9.17) is 5.11 Å². The number of nitrogens with one attached hydrogen (secondary N) is 1. The van der Waals surface area contributed by atoms with Gasteiger partial charge in [0, 0.05) is 6.42 Å². The van der Waals surface area contributed by atoms with E-state index in [1.807, 2.05) is 6.07 Å². The van der Waals surface area contributed by atoms with Gasteiger partial charge >= 0.3 is 5.97 Å². The summed E-state index contributed by atoms with van der Waals surface area (Å²) in [5.41, 5.74) is 0.600. The van der Waals surface area contributed by atoms with E-state index >= 15 is 0 Å². The van der Waals surface area contributed by atoms with Crippen LogP contribution in [-0.4, -0.2) is 35.5 Å². The van der Waals surface area contributed by atoms with E-state index < -0.39 is 12.0 Å². The molecule has 1 aromatic carbocycles. The van der Waals surface area contributed by atoms with Gasteiger partial charge in [0.25, 0.3) is 5.91 Å². The number of para-hydroxylation sites is 1. The molecular formula is C16H20N2O4. The number of amides is 2. The van der Waals surface area contributed by atoms with Crippen LogP contribution >= 0.6 is 0 Å². The highest BCUT2D eigenvalue weighted by Gasteiger charge is 2.38. The minimum absolute atomic E-state index is 0.169. The maximum Gasteiger partial charge on any atom is 0.303 e. The normalized spacial score (nSPS) is 18.0. The van der Waals surface area contributed by atoms with Gasteiger partial charge in [0.05, 0.1) is 18.2 Å². The lowest BCUT2D eigenvalue weighted by Gasteiger charge is -2.15. The molecule has 2 N–H and O–H groups in total. The molecule has 1 atom stereocenters. The topological polar surface area (TPSA) is 86.7 Å². The first-order valence-electron chi connectivity index (χ1n) is 7.46. The van der Waals surface area contributed by atoms with Gasteiger partial charge < -0.3 is 10.4 Å². The highest BCUT2D eigenvalue weighted by molar-refractivity contribution is 6.22. The molecule has 6 nitrogen and oxygen atoms in total. The van der Waals surface area contributed by atoms with Gasteiger partial charge in [0.2, 0.25) is 5.91 Å². The number of carboxylic acids is 1. The molecular weight excluding hydrogens is 284 g/mol. The highest BCUT2D eigenvalue weighted by Crippen LogP contribution is 2.22. The minimum Gasteiger partial charge on any atom is -0.481 e. The molecule has 0 spiro atoms. The van der Waals surface area contributed by atoms with Gasteiger partial charge in [0.1, 0.15) is 0 Å². The Balaban J connectivity index is 1.78. The van der Waals surface area contributed by atoms with Gasteiger partial charge in [-0.3, -0.25) is 14.4 Å². The predicted octanol–water partition coefficient (Wildman–Crippen LogP) is 1.55. The summed E-state index contributed by atoms with van der Waals surface area (Å²) < 4.78 is 0. The van der Waals surface area contributed by atoms with Crippen molar-refractivity contribution in [2.45, 2.75) is 38.1 Å². The van der Waals surface area contributed by atoms with E-state index in [1.54, 1.807) is 24.3 Å². The Hall–Kier alpha value is -2.21. The number of aliphatic carboxylic acids is 1. The van der Waals surface area contributed by atoms with Crippen molar-refractivity contribution in [3.63, 3.8) is 0 Å². The van der Waals surface area contributed by atoms with E-state index in [0.717, 1.165) is 12.8 Å². The Kier molecular flexibility index (Phi) is 5.66. The molecule has 1 aliphatic heterocycles. The van der Waals surface area contributed by atoms with Crippen LogP contribution in [0.15, 0.2) is 30.3 Å². The molecule has 1 heterocycles. The summed E-state index contributed by atoms with van der Waals surface area (Å²) in [6.07, 6.45) is 2.54. The average Bonchev–Trinajstić information content (AvgIpc) is 2.78. The smallest absolute Gasteiger partial charge is 0.303 e. The lowest BCUT2D eigenvalue weighted by atomic mass is 10.2. The van der Waals surface area contributed by atoms with Crippen LogP contribution in [-0.2, 0) is 14.4 Å². The van der Waals surface area contributed by atoms with Crippen LogP contribution in [0.3, 0.4) is 0 Å². The fourth-order valence-electron chi connectivity index (χ4n) is 2.49. The van der Waals surface area contributed by atoms with Crippen LogP contribution in [0.4, 0.5) is 5.69 Å². The summed E-state index contributed by atoms with van der Waals surface area (Å²) in [4.78, 5) is 35.9. The second kappa shape index (κ2) is 7.70. The third-order valence-electron chi connectivity index (χ3n) is 3.62. The van der Waals surface area contributed by atoms with Crippen molar-refractivity contribution in [2.24, 2.45) is 0 Å². The summed E-state index contributed by atoms with van der Waals surface area (Å²) in [6.45, 7) is 0.603. The number of unbranched alkanes of at least 4 members (excludes halogenated alkanes) is 2. The number of nitrogens with zero attached hydrogens (tertiary/aromatic N) is 1. The van der Waals surface area contributed by atoms with Crippen molar-refractivity contribution in [2.75, 3.05) is 11.4 Å². The Bertz CT molecular complexity index is 544. The first-order valence-corrected chi connectivity index (χ1v) is 7.46. The first-order chi connectivity index (χ1) is 10.6. The Morgan fingerprint density at radius 1 is 1.18 bits per heavy atom. The summed E-state index contributed by atoms with van der Waals surface area (Å²) in [5, 5.41) is 11.6. The zero-order chi connectivity index (χ0) is 15.9. The summed E-state index contributed by atoms with van der Waals surface area (Å²) >= 11 is 0. The standard InChI is InChI=1S/C16H20N2O4/c19-14-11-13(17-10-6-2-5-9-15(20)21)16(22)18(14)12-7-3-1-4-8-12/h1,3-4,7-8,13,17H,2,5-6,9-11H2,(H,20,21). The van der Waals surface area contributed by atoms with Crippen LogP contribution in [0.5, 0.6) is 0 Å². The molecule has 2 rings (SSSR count). The van der Waals surface area contributed by atoms with Crippen LogP contribution in [0, 0.1) is 0 Å². The van der Waals surface area contributed by atoms with Crippen LogP contribution < -0.4 is 10.2 Å². The molecule has 6 heteroatoms. The van der Waals surface area contributed by atoms with E-state index in [0.29, 0.717) is 18.7 Å². The average molecular weight is 304 g/mol. The second-order valence-corrected chi connectivity index (χ2v) is 5.32. The molecule has 0 aliphatic carbocycles. The van der Waals surface area contributed by atoms with Gasteiger partial charge in [-0.15, -0.1) is 0 Å². The molecule has 1 unspecified atom stereocenters. The predicted molar refractivity (Wildman–Crippen MR) is 81.4 cm³/mol. The third-order valence-corrected chi connectivity index (χ3v) is 3.62. The first kappa shape index (κ1) is 16.2. The van der Waals surface area contributed by atoms with Gasteiger partial charge in [-0.05, 0) is 31.5 Å². The molecule has 1 aliphatic rings. The summed E-state index contributed by atoms with van der Waals surface area (Å²) in [6, 6.07) is 8.42. The van der Waals surface area contributed by atoms with Crippen molar-refractivity contribution in [3.8, 4) is 0 Å². The van der Waals surface area contributed by atoms with Crippen molar-refractivity contribution in [1.29, 1.82) is 0 Å². The number of hydrogen-bond acceptors (Lipinski definition) is 4. The second-order valence-electron chi connectivity index (χ2n) is 5.32. The molecule has 0 radical (unpaired) electrons. The number of hydrogen-bond donors (Lipinski definition) is 2. The number of rotatable bonds is 8. The molecule has 1 fully saturated rings. The van der Waals surface area contributed by atoms with Crippen molar-refractivity contribution >= 4 is 23.5 Å². The summed E-state index contributed by atoms with van der Waals surface area (Å²) in [7, 11) is 0. The Labute approximate surface area is 129 Å². The number of imide groups is 1. The largest absolute Gasteiger partial charge is 0.481 e. The van der Waals surface area contributed by atoms with Gasteiger partial charge in [-0.25, -0.2) is 4.90 Å². The maximum absolute atomic E-state index is 12.3. The van der Waals surface area contributed by atoms with Gasteiger partial charge in [0.15, 0.2) is 0 Å². The highest BCUT2D eigenvalue weighted by atomic mass is 16.4. The lowest BCUT2D eigenvalue weighted by Crippen LogP contribution is -2.39. The molecule has 1 aromatic rings. The molecule has 2 amide bonds. The zero-order valence-corrected chi connectivity index (χ0v) is 12.3. The third kappa shape index (κ3) is 4.14.